The van der Waals surface area contributed by atoms with Crippen molar-refractivity contribution >= 4 is 15.7 Å². The Kier molecular flexibility index (Phi) is 4.01. The molecule has 0 atom stereocenters. The maximum Gasteiger partial charge on any atom is 0.243 e. The fourth-order valence-electron chi connectivity index (χ4n) is 2.48. The van der Waals surface area contributed by atoms with Crippen molar-refractivity contribution in [1.29, 1.82) is 0 Å². The highest BCUT2D eigenvalue weighted by Gasteiger charge is 2.30. The topological polar surface area (TPSA) is 72.6 Å². The quantitative estimate of drug-likeness (QED) is 0.856. The Morgan fingerprint density at radius 3 is 2.53 bits per heavy atom. The van der Waals surface area contributed by atoms with E-state index in [2.05, 4.69) is 0 Å². The van der Waals surface area contributed by atoms with Crippen LogP contribution in [0.25, 0.3) is 0 Å². The van der Waals surface area contributed by atoms with Gasteiger partial charge in [0.25, 0.3) is 0 Å². The van der Waals surface area contributed by atoms with Crippen LogP contribution in [0.3, 0.4) is 0 Å². The number of benzene rings is 1. The third kappa shape index (κ3) is 2.69. The van der Waals surface area contributed by atoms with E-state index in [9.17, 15) is 8.42 Å². The number of methoxy groups -OCH3 is 1. The lowest BCUT2D eigenvalue weighted by Crippen LogP contribution is -2.35. The molecule has 0 aliphatic heterocycles. The Morgan fingerprint density at radius 1 is 1.32 bits per heavy atom. The molecule has 1 aromatic carbocycles. The molecule has 1 aliphatic rings. The van der Waals surface area contributed by atoms with Crippen LogP contribution in [-0.2, 0) is 10.0 Å². The van der Waals surface area contributed by atoms with E-state index in [1.165, 1.54) is 23.5 Å². The van der Waals surface area contributed by atoms with E-state index in [0.29, 0.717) is 11.4 Å². The van der Waals surface area contributed by atoms with Crippen molar-refractivity contribution < 1.29 is 13.2 Å². The number of ether oxygens (including phenoxy) is 1. The van der Waals surface area contributed by atoms with Gasteiger partial charge in [-0.15, -0.1) is 0 Å². The number of anilines is 1. The Morgan fingerprint density at radius 2 is 1.95 bits per heavy atom. The molecule has 5 nitrogen and oxygen atoms in total. The minimum atomic E-state index is -3.47. The molecule has 106 valence electrons. The van der Waals surface area contributed by atoms with Crippen molar-refractivity contribution in [3.63, 3.8) is 0 Å². The maximum atomic E-state index is 12.5. The summed E-state index contributed by atoms with van der Waals surface area (Å²) in [6, 6.07) is 4.68. The van der Waals surface area contributed by atoms with Crippen molar-refractivity contribution in [2.24, 2.45) is 0 Å². The normalized spacial score (nSPS) is 17.0. The van der Waals surface area contributed by atoms with Gasteiger partial charge in [-0.1, -0.05) is 12.8 Å². The summed E-state index contributed by atoms with van der Waals surface area (Å²) < 4.78 is 31.6. The first kappa shape index (κ1) is 14.1. The van der Waals surface area contributed by atoms with Crippen LogP contribution in [-0.4, -0.2) is 32.9 Å². The summed E-state index contributed by atoms with van der Waals surface area (Å²) >= 11 is 0. The molecule has 0 heterocycles. The van der Waals surface area contributed by atoms with Gasteiger partial charge in [0, 0.05) is 19.2 Å². The van der Waals surface area contributed by atoms with Gasteiger partial charge >= 0.3 is 0 Å². The fraction of sp³-hybridized carbons (Fsp3) is 0.538. The van der Waals surface area contributed by atoms with Gasteiger partial charge in [0.1, 0.15) is 5.75 Å². The smallest absolute Gasteiger partial charge is 0.243 e. The summed E-state index contributed by atoms with van der Waals surface area (Å²) in [7, 11) is -0.352. The molecule has 6 heteroatoms. The third-order valence-corrected chi connectivity index (χ3v) is 5.63. The number of hydrogen-bond acceptors (Lipinski definition) is 4. The van der Waals surface area contributed by atoms with E-state index >= 15 is 0 Å². The van der Waals surface area contributed by atoms with Crippen molar-refractivity contribution in [1.82, 2.24) is 4.31 Å². The molecule has 1 saturated carbocycles. The van der Waals surface area contributed by atoms with Crippen molar-refractivity contribution in [2.75, 3.05) is 19.9 Å². The molecule has 1 fully saturated rings. The van der Waals surface area contributed by atoms with Crippen LogP contribution in [0.15, 0.2) is 23.1 Å². The average molecular weight is 284 g/mol. The summed E-state index contributed by atoms with van der Waals surface area (Å²) in [4.78, 5) is 0.230. The first-order chi connectivity index (χ1) is 8.96. The predicted octanol–water partition coefficient (Wildman–Crippen LogP) is 1.84. The predicted molar refractivity (Wildman–Crippen MR) is 74.6 cm³/mol. The Balaban J connectivity index is 2.33. The second-order valence-electron chi connectivity index (χ2n) is 4.86. The van der Waals surface area contributed by atoms with Crippen LogP contribution >= 0.6 is 0 Å². The first-order valence-electron chi connectivity index (χ1n) is 6.38. The van der Waals surface area contributed by atoms with Gasteiger partial charge in [-0.05, 0) is 25.0 Å². The number of hydrogen-bond donors (Lipinski definition) is 1. The summed E-state index contributed by atoms with van der Waals surface area (Å²) in [5, 5.41) is 0. The van der Waals surface area contributed by atoms with Gasteiger partial charge in [0.2, 0.25) is 10.0 Å². The van der Waals surface area contributed by atoms with E-state index in [1.807, 2.05) is 0 Å². The van der Waals surface area contributed by atoms with Crippen molar-refractivity contribution in [3.8, 4) is 5.75 Å². The molecule has 0 spiro atoms. The molecule has 0 radical (unpaired) electrons. The largest absolute Gasteiger partial charge is 0.495 e. The van der Waals surface area contributed by atoms with Crippen LogP contribution in [0.5, 0.6) is 5.75 Å². The minimum Gasteiger partial charge on any atom is -0.495 e. The summed E-state index contributed by atoms with van der Waals surface area (Å²) in [6.45, 7) is 0. The molecule has 0 saturated heterocycles. The number of nitrogens with two attached hydrogens (primary N) is 1. The first-order valence-corrected chi connectivity index (χ1v) is 7.82. The molecule has 19 heavy (non-hydrogen) atoms. The van der Waals surface area contributed by atoms with E-state index in [4.69, 9.17) is 10.5 Å². The zero-order valence-electron chi connectivity index (χ0n) is 11.3. The lowest BCUT2D eigenvalue weighted by atomic mass is 10.3. The van der Waals surface area contributed by atoms with E-state index in [1.54, 1.807) is 13.1 Å². The van der Waals surface area contributed by atoms with Crippen LogP contribution in [0.1, 0.15) is 25.7 Å². The maximum absolute atomic E-state index is 12.5. The monoisotopic (exact) mass is 284 g/mol. The number of rotatable bonds is 4. The molecular weight excluding hydrogens is 264 g/mol. The fourth-order valence-corrected chi connectivity index (χ4v) is 3.91. The van der Waals surface area contributed by atoms with Gasteiger partial charge in [-0.3, -0.25) is 0 Å². The van der Waals surface area contributed by atoms with Gasteiger partial charge < -0.3 is 10.5 Å². The number of sulfonamides is 1. The van der Waals surface area contributed by atoms with Crippen LogP contribution < -0.4 is 10.5 Å². The van der Waals surface area contributed by atoms with Crippen LogP contribution in [0.2, 0.25) is 0 Å². The SMILES string of the molecule is COc1cc(S(=O)(=O)N(C)C2CCCC2)ccc1N. The second kappa shape index (κ2) is 5.38. The Labute approximate surface area is 114 Å². The zero-order chi connectivity index (χ0) is 14.0. The highest BCUT2D eigenvalue weighted by Crippen LogP contribution is 2.30. The Bertz CT molecular complexity index is 551. The lowest BCUT2D eigenvalue weighted by molar-refractivity contribution is 0.372. The van der Waals surface area contributed by atoms with Crippen LogP contribution in [0, 0.1) is 0 Å². The molecule has 2 N–H and O–H groups in total. The van der Waals surface area contributed by atoms with E-state index in [-0.39, 0.29) is 10.9 Å². The third-order valence-electron chi connectivity index (χ3n) is 3.72. The lowest BCUT2D eigenvalue weighted by Gasteiger charge is -2.23. The van der Waals surface area contributed by atoms with Gasteiger partial charge in [-0.2, -0.15) is 4.31 Å². The molecule has 0 aromatic heterocycles. The molecule has 0 bridgehead atoms. The second-order valence-corrected chi connectivity index (χ2v) is 6.86. The molecule has 1 aliphatic carbocycles. The summed E-state index contributed by atoms with van der Waals surface area (Å²) in [5.74, 6) is 0.390. The summed E-state index contributed by atoms with van der Waals surface area (Å²) in [5.41, 5.74) is 6.14. The van der Waals surface area contributed by atoms with Crippen molar-refractivity contribution in [2.45, 2.75) is 36.6 Å². The van der Waals surface area contributed by atoms with E-state index in [0.717, 1.165) is 25.7 Å². The van der Waals surface area contributed by atoms with Crippen molar-refractivity contribution in [3.05, 3.63) is 18.2 Å². The summed E-state index contributed by atoms with van der Waals surface area (Å²) in [6.07, 6.45) is 4.05. The molecule has 2 rings (SSSR count). The highest BCUT2D eigenvalue weighted by atomic mass is 32.2. The number of nitrogen functional groups attached to an aromatic ring is 1. The minimum absolute atomic E-state index is 0.105. The van der Waals surface area contributed by atoms with Crippen LogP contribution in [0.4, 0.5) is 5.69 Å². The molecule has 1 aromatic rings. The highest BCUT2D eigenvalue weighted by molar-refractivity contribution is 7.89. The zero-order valence-corrected chi connectivity index (χ0v) is 12.1. The van der Waals surface area contributed by atoms with Gasteiger partial charge in [0.15, 0.2) is 0 Å². The number of nitrogens with zero attached hydrogens (tertiary/aromatic N) is 1. The standard InChI is InChI=1S/C13H20N2O3S/c1-15(10-5-3-4-6-10)19(16,17)11-7-8-12(14)13(9-11)18-2/h7-10H,3-6,14H2,1-2H3. The van der Waals surface area contributed by atoms with Gasteiger partial charge in [0.05, 0.1) is 17.7 Å². The molecule has 0 amide bonds. The average Bonchev–Trinajstić information content (AvgIpc) is 2.91. The Hall–Kier alpha value is -1.27. The van der Waals surface area contributed by atoms with Gasteiger partial charge in [-0.25, -0.2) is 8.42 Å². The molecular formula is C13H20N2O3S. The van der Waals surface area contributed by atoms with E-state index < -0.39 is 10.0 Å². The molecule has 0 unspecified atom stereocenters.